The monoisotopic (exact) mass is 285 g/mol. The van der Waals surface area contributed by atoms with E-state index in [4.69, 9.17) is 9.47 Å². The molecule has 110 valence electrons. The number of rotatable bonds is 3. The van der Waals surface area contributed by atoms with Gasteiger partial charge in [0.2, 0.25) is 6.79 Å². The summed E-state index contributed by atoms with van der Waals surface area (Å²) in [4.78, 5) is 0. The number of aryl methyl sites for hydroxylation is 1. The van der Waals surface area contributed by atoms with Crippen molar-refractivity contribution in [2.24, 2.45) is 7.05 Å². The first-order chi connectivity index (χ1) is 10.3. The fraction of sp³-hybridized carbons (Fsp3) is 0.438. The summed E-state index contributed by atoms with van der Waals surface area (Å²) in [7, 11) is 2.02. The minimum absolute atomic E-state index is 0.322. The number of hydrogen-bond acceptors (Lipinski definition) is 4. The third kappa shape index (κ3) is 2.17. The van der Waals surface area contributed by atoms with Crippen LogP contribution >= 0.6 is 0 Å². The molecule has 0 amide bonds. The number of ether oxygens (including phenoxy) is 2. The van der Waals surface area contributed by atoms with Gasteiger partial charge in [-0.3, -0.25) is 4.68 Å². The Morgan fingerprint density at radius 3 is 3.29 bits per heavy atom. The van der Waals surface area contributed by atoms with Crippen molar-refractivity contribution in [3.63, 3.8) is 0 Å². The quantitative estimate of drug-likeness (QED) is 0.940. The van der Waals surface area contributed by atoms with Crippen molar-refractivity contribution in [2.45, 2.75) is 31.8 Å². The predicted octanol–water partition coefficient (Wildman–Crippen LogP) is 2.32. The molecule has 1 atom stereocenters. The minimum atomic E-state index is 0.322. The zero-order valence-electron chi connectivity index (χ0n) is 12.1. The molecule has 1 N–H and O–H groups in total. The van der Waals surface area contributed by atoms with Gasteiger partial charge in [-0.15, -0.1) is 0 Å². The third-order valence-corrected chi connectivity index (χ3v) is 4.39. The molecule has 5 heteroatoms. The Hall–Kier alpha value is -2.01. The van der Waals surface area contributed by atoms with Gasteiger partial charge in [0.15, 0.2) is 11.5 Å². The first-order valence-electron chi connectivity index (χ1n) is 7.44. The molecule has 1 aromatic heterocycles. The summed E-state index contributed by atoms with van der Waals surface area (Å²) in [6.07, 6.45) is 5.49. The summed E-state index contributed by atoms with van der Waals surface area (Å²) < 4.78 is 13.0. The number of aromatic nitrogens is 2. The van der Waals surface area contributed by atoms with Crippen molar-refractivity contribution >= 4 is 0 Å². The van der Waals surface area contributed by atoms with Crippen LogP contribution < -0.4 is 14.8 Å². The molecule has 0 saturated heterocycles. The molecule has 0 bridgehead atoms. The van der Waals surface area contributed by atoms with Gasteiger partial charge >= 0.3 is 0 Å². The fourth-order valence-corrected chi connectivity index (χ4v) is 3.28. The van der Waals surface area contributed by atoms with Crippen LogP contribution in [0.25, 0.3) is 0 Å². The first kappa shape index (κ1) is 12.7. The average molecular weight is 285 g/mol. The molecule has 1 aromatic carbocycles. The van der Waals surface area contributed by atoms with Gasteiger partial charge in [-0.1, -0.05) is 12.1 Å². The second-order valence-corrected chi connectivity index (χ2v) is 5.65. The molecule has 1 aliphatic carbocycles. The maximum Gasteiger partial charge on any atom is 0.231 e. The summed E-state index contributed by atoms with van der Waals surface area (Å²) in [5.41, 5.74) is 3.85. The van der Waals surface area contributed by atoms with Gasteiger partial charge in [-0.2, -0.15) is 5.10 Å². The van der Waals surface area contributed by atoms with Crippen LogP contribution in [-0.2, 0) is 20.0 Å². The van der Waals surface area contributed by atoms with Crippen molar-refractivity contribution in [3.8, 4) is 11.5 Å². The summed E-state index contributed by atoms with van der Waals surface area (Å²) in [5, 5.41) is 8.04. The second-order valence-electron chi connectivity index (χ2n) is 5.65. The van der Waals surface area contributed by atoms with Crippen LogP contribution in [0.1, 0.15) is 35.7 Å². The highest BCUT2D eigenvalue weighted by Crippen LogP contribution is 2.36. The van der Waals surface area contributed by atoms with Crippen LogP contribution in [0.4, 0.5) is 0 Å². The van der Waals surface area contributed by atoms with Crippen LogP contribution in [0.5, 0.6) is 11.5 Å². The van der Waals surface area contributed by atoms with Gasteiger partial charge in [-0.25, -0.2) is 0 Å². The van der Waals surface area contributed by atoms with Gasteiger partial charge in [0.05, 0.1) is 6.20 Å². The van der Waals surface area contributed by atoms with Crippen LogP contribution in [0.3, 0.4) is 0 Å². The Kier molecular flexibility index (Phi) is 3.07. The van der Waals surface area contributed by atoms with Crippen LogP contribution in [0.2, 0.25) is 0 Å². The molecule has 0 spiro atoms. The van der Waals surface area contributed by atoms with Gasteiger partial charge in [0.1, 0.15) is 0 Å². The molecular formula is C16H19N3O2. The van der Waals surface area contributed by atoms with Crippen LogP contribution in [-0.4, -0.2) is 16.6 Å². The van der Waals surface area contributed by atoms with E-state index in [1.54, 1.807) is 0 Å². The molecule has 2 aliphatic rings. The highest BCUT2D eigenvalue weighted by Gasteiger charge is 2.24. The molecule has 4 rings (SSSR count). The number of fused-ring (bicyclic) bond motifs is 2. The van der Waals surface area contributed by atoms with Gasteiger partial charge in [-0.05, 0) is 25.3 Å². The lowest BCUT2D eigenvalue weighted by Gasteiger charge is -2.24. The molecule has 2 heterocycles. The Labute approximate surface area is 123 Å². The van der Waals surface area contributed by atoms with Gasteiger partial charge in [0, 0.05) is 36.5 Å². The van der Waals surface area contributed by atoms with Crippen LogP contribution in [0.15, 0.2) is 24.4 Å². The molecule has 21 heavy (non-hydrogen) atoms. The van der Waals surface area contributed by atoms with Gasteiger partial charge < -0.3 is 14.8 Å². The van der Waals surface area contributed by atoms with E-state index in [2.05, 4.69) is 16.5 Å². The molecule has 0 fully saturated rings. The normalized spacial score (nSPS) is 19.6. The smallest absolute Gasteiger partial charge is 0.231 e. The Morgan fingerprint density at radius 1 is 1.38 bits per heavy atom. The number of hydrogen-bond donors (Lipinski definition) is 1. The van der Waals surface area contributed by atoms with Crippen molar-refractivity contribution in [2.75, 3.05) is 6.79 Å². The Morgan fingerprint density at radius 2 is 2.33 bits per heavy atom. The standard InChI is InChI=1S/C16H19N3O2/c1-19-14-6-3-5-13(12(14)9-18-19)17-8-11-4-2-7-15-16(11)21-10-20-15/h2,4,7,9,13,17H,3,5-6,8,10H2,1H3/t13-/m0/s1. The van der Waals surface area contributed by atoms with E-state index < -0.39 is 0 Å². The molecule has 1 aliphatic heterocycles. The summed E-state index contributed by atoms with van der Waals surface area (Å²) >= 11 is 0. The third-order valence-electron chi connectivity index (χ3n) is 4.39. The maximum atomic E-state index is 5.56. The summed E-state index contributed by atoms with van der Waals surface area (Å²) in [6.45, 7) is 1.11. The number of nitrogens with zero attached hydrogens (tertiary/aromatic N) is 2. The zero-order valence-corrected chi connectivity index (χ0v) is 12.1. The lowest BCUT2D eigenvalue weighted by molar-refractivity contribution is 0.173. The molecule has 5 nitrogen and oxygen atoms in total. The maximum absolute atomic E-state index is 5.56. The first-order valence-corrected chi connectivity index (χ1v) is 7.44. The van der Waals surface area contributed by atoms with Crippen molar-refractivity contribution in [3.05, 3.63) is 41.2 Å². The van der Waals surface area contributed by atoms with Gasteiger partial charge in [0.25, 0.3) is 0 Å². The van der Waals surface area contributed by atoms with Crippen molar-refractivity contribution in [1.82, 2.24) is 15.1 Å². The van der Waals surface area contributed by atoms with E-state index in [9.17, 15) is 0 Å². The topological polar surface area (TPSA) is 48.3 Å². The number of benzene rings is 1. The molecule has 0 saturated carbocycles. The largest absolute Gasteiger partial charge is 0.454 e. The van der Waals surface area contributed by atoms with E-state index in [-0.39, 0.29) is 0 Å². The van der Waals surface area contributed by atoms with E-state index in [1.165, 1.54) is 17.7 Å². The molecule has 2 aromatic rings. The molecular weight excluding hydrogens is 266 g/mol. The number of nitrogens with one attached hydrogen (secondary N) is 1. The summed E-state index contributed by atoms with van der Waals surface area (Å²) in [6, 6.07) is 6.43. The van der Waals surface area contributed by atoms with Crippen molar-refractivity contribution < 1.29 is 9.47 Å². The van der Waals surface area contributed by atoms with Crippen LogP contribution in [0, 0.1) is 0 Å². The Bertz CT molecular complexity index is 666. The Balaban J connectivity index is 1.52. The second kappa shape index (κ2) is 5.07. The van der Waals surface area contributed by atoms with Crippen molar-refractivity contribution in [1.29, 1.82) is 0 Å². The fourth-order valence-electron chi connectivity index (χ4n) is 3.28. The highest BCUT2D eigenvalue weighted by atomic mass is 16.7. The van der Waals surface area contributed by atoms with E-state index in [0.29, 0.717) is 12.8 Å². The molecule has 0 unspecified atom stereocenters. The zero-order chi connectivity index (χ0) is 14.2. The SMILES string of the molecule is Cn1ncc2c1CCC[C@@H]2NCc1cccc2c1OCO2. The summed E-state index contributed by atoms with van der Waals surface area (Å²) in [5.74, 6) is 1.73. The van der Waals surface area contributed by atoms with E-state index >= 15 is 0 Å². The highest BCUT2D eigenvalue weighted by molar-refractivity contribution is 5.48. The molecule has 0 radical (unpaired) electrons. The number of para-hydroxylation sites is 1. The average Bonchev–Trinajstić information content (AvgIpc) is 3.13. The lowest BCUT2D eigenvalue weighted by atomic mass is 9.93. The van der Waals surface area contributed by atoms with E-state index in [0.717, 1.165) is 36.4 Å². The predicted molar refractivity (Wildman–Crippen MR) is 78.3 cm³/mol. The lowest BCUT2D eigenvalue weighted by Crippen LogP contribution is -2.25. The minimum Gasteiger partial charge on any atom is -0.454 e. The van der Waals surface area contributed by atoms with E-state index in [1.807, 2.05) is 30.1 Å².